The van der Waals surface area contributed by atoms with E-state index in [2.05, 4.69) is 17.0 Å². The van der Waals surface area contributed by atoms with E-state index in [4.69, 9.17) is 9.15 Å². The van der Waals surface area contributed by atoms with Crippen molar-refractivity contribution < 1.29 is 9.15 Å². The van der Waals surface area contributed by atoms with E-state index in [9.17, 15) is 4.79 Å². The van der Waals surface area contributed by atoms with Crippen LogP contribution >= 0.6 is 0 Å². The first-order valence-corrected chi connectivity index (χ1v) is 8.64. The molecule has 0 saturated heterocycles. The summed E-state index contributed by atoms with van der Waals surface area (Å²) in [5, 5.41) is 1.00. The van der Waals surface area contributed by atoms with Crippen LogP contribution < -0.4 is 10.4 Å². The fraction of sp³-hybridized carbons (Fsp3) is 0.286. The number of ether oxygens (including phenoxy) is 1. The molecule has 4 heteroatoms. The van der Waals surface area contributed by atoms with E-state index in [1.165, 1.54) is 5.56 Å². The van der Waals surface area contributed by atoms with E-state index in [1.54, 1.807) is 0 Å². The molecule has 0 unspecified atom stereocenters. The predicted octanol–water partition coefficient (Wildman–Crippen LogP) is 4.02. The van der Waals surface area contributed by atoms with Crippen molar-refractivity contribution in [3.05, 3.63) is 75.1 Å². The van der Waals surface area contributed by atoms with Crippen LogP contribution in [-0.4, -0.2) is 11.6 Å². The van der Waals surface area contributed by atoms with Crippen molar-refractivity contribution in [2.24, 2.45) is 0 Å². The van der Waals surface area contributed by atoms with Crippen LogP contribution in [0.4, 0.5) is 0 Å². The van der Waals surface area contributed by atoms with Gasteiger partial charge in [-0.3, -0.25) is 4.90 Å². The van der Waals surface area contributed by atoms with Gasteiger partial charge in [-0.2, -0.15) is 0 Å². The highest BCUT2D eigenvalue weighted by atomic mass is 16.5. The highest BCUT2D eigenvalue weighted by Crippen LogP contribution is 2.34. The van der Waals surface area contributed by atoms with Gasteiger partial charge in [0.2, 0.25) is 0 Å². The van der Waals surface area contributed by atoms with Crippen molar-refractivity contribution in [1.29, 1.82) is 0 Å². The Labute approximate surface area is 146 Å². The third-order valence-corrected chi connectivity index (χ3v) is 4.90. The van der Waals surface area contributed by atoms with Crippen LogP contribution in [0.2, 0.25) is 0 Å². The van der Waals surface area contributed by atoms with Gasteiger partial charge in [-0.25, -0.2) is 4.79 Å². The van der Waals surface area contributed by atoms with E-state index in [0.29, 0.717) is 25.3 Å². The minimum absolute atomic E-state index is 0.235. The average molecular weight is 335 g/mol. The van der Waals surface area contributed by atoms with Gasteiger partial charge in [0.1, 0.15) is 18.1 Å². The first-order chi connectivity index (χ1) is 12.2. The van der Waals surface area contributed by atoms with Gasteiger partial charge in [-0.05, 0) is 36.6 Å². The summed E-state index contributed by atoms with van der Waals surface area (Å²) in [7, 11) is 0. The molecule has 1 aliphatic heterocycles. The third kappa shape index (κ3) is 2.83. The summed E-state index contributed by atoms with van der Waals surface area (Å²) >= 11 is 0. The third-order valence-electron chi connectivity index (χ3n) is 4.90. The minimum atomic E-state index is -0.235. The Morgan fingerprint density at radius 2 is 1.92 bits per heavy atom. The van der Waals surface area contributed by atoms with Gasteiger partial charge >= 0.3 is 5.63 Å². The molecule has 0 spiro atoms. The molecular formula is C21H21NO3. The lowest BCUT2D eigenvalue weighted by Crippen LogP contribution is -2.31. The second kappa shape index (κ2) is 6.37. The Bertz CT molecular complexity index is 976. The smallest absolute Gasteiger partial charge is 0.339 e. The van der Waals surface area contributed by atoms with Gasteiger partial charge in [0.25, 0.3) is 0 Å². The van der Waals surface area contributed by atoms with Crippen molar-refractivity contribution in [2.45, 2.75) is 33.4 Å². The molecule has 0 radical (unpaired) electrons. The normalized spacial score (nSPS) is 14.3. The molecule has 3 aromatic rings. The SMILES string of the molecule is CCc1c(C)c2ccc3c(c2oc1=O)CN(Cc1ccccc1)CO3. The molecule has 2 aromatic carbocycles. The summed E-state index contributed by atoms with van der Waals surface area (Å²) in [4.78, 5) is 14.5. The lowest BCUT2D eigenvalue weighted by Gasteiger charge is -2.29. The van der Waals surface area contributed by atoms with Gasteiger partial charge in [0.15, 0.2) is 0 Å². The van der Waals surface area contributed by atoms with Crippen molar-refractivity contribution in [1.82, 2.24) is 4.90 Å². The fourth-order valence-electron chi connectivity index (χ4n) is 3.56. The molecular weight excluding hydrogens is 314 g/mol. The topological polar surface area (TPSA) is 42.7 Å². The average Bonchev–Trinajstić information content (AvgIpc) is 2.63. The molecule has 1 aromatic heterocycles. The van der Waals surface area contributed by atoms with Crippen LogP contribution in [0.25, 0.3) is 11.0 Å². The van der Waals surface area contributed by atoms with Crippen molar-refractivity contribution in [3.8, 4) is 5.75 Å². The van der Waals surface area contributed by atoms with E-state index >= 15 is 0 Å². The van der Waals surface area contributed by atoms with Gasteiger partial charge in [0, 0.05) is 24.0 Å². The zero-order chi connectivity index (χ0) is 17.4. The Hall–Kier alpha value is -2.59. The molecule has 0 amide bonds. The molecule has 25 heavy (non-hydrogen) atoms. The Morgan fingerprint density at radius 3 is 2.68 bits per heavy atom. The molecule has 0 aliphatic carbocycles. The molecule has 0 fully saturated rings. The van der Waals surface area contributed by atoms with E-state index < -0.39 is 0 Å². The first kappa shape index (κ1) is 15.9. The summed E-state index contributed by atoms with van der Waals surface area (Å²) in [5.74, 6) is 0.809. The largest absolute Gasteiger partial charge is 0.478 e. The quantitative estimate of drug-likeness (QED) is 0.678. The number of hydrogen-bond acceptors (Lipinski definition) is 4. The maximum Gasteiger partial charge on any atom is 0.339 e. The van der Waals surface area contributed by atoms with Gasteiger partial charge in [-0.1, -0.05) is 37.3 Å². The molecule has 128 valence electrons. The fourth-order valence-corrected chi connectivity index (χ4v) is 3.56. The second-order valence-electron chi connectivity index (χ2n) is 6.51. The summed E-state index contributed by atoms with van der Waals surface area (Å²) < 4.78 is 11.6. The molecule has 4 nitrogen and oxygen atoms in total. The van der Waals surface area contributed by atoms with Crippen molar-refractivity contribution >= 4 is 11.0 Å². The zero-order valence-corrected chi connectivity index (χ0v) is 14.5. The molecule has 1 aliphatic rings. The molecule has 0 N–H and O–H groups in total. The van der Waals surface area contributed by atoms with Gasteiger partial charge in [0.05, 0.1) is 5.56 Å². The van der Waals surface area contributed by atoms with E-state index in [1.807, 2.05) is 44.2 Å². The van der Waals surface area contributed by atoms with Crippen LogP contribution in [0, 0.1) is 6.92 Å². The molecule has 4 rings (SSSR count). The monoisotopic (exact) mass is 335 g/mol. The molecule has 0 atom stereocenters. The number of nitrogens with zero attached hydrogens (tertiary/aromatic N) is 1. The minimum Gasteiger partial charge on any atom is -0.478 e. The first-order valence-electron chi connectivity index (χ1n) is 8.64. The highest BCUT2D eigenvalue weighted by Gasteiger charge is 2.23. The second-order valence-corrected chi connectivity index (χ2v) is 6.51. The van der Waals surface area contributed by atoms with Crippen molar-refractivity contribution in [2.75, 3.05) is 6.73 Å². The number of hydrogen-bond donors (Lipinski definition) is 0. The Morgan fingerprint density at radius 1 is 1.12 bits per heavy atom. The van der Waals surface area contributed by atoms with E-state index in [-0.39, 0.29) is 5.63 Å². The number of aryl methyl sites for hydroxylation is 1. The van der Waals surface area contributed by atoms with E-state index in [0.717, 1.165) is 34.4 Å². The maximum absolute atomic E-state index is 12.3. The lowest BCUT2D eigenvalue weighted by molar-refractivity contribution is 0.0889. The summed E-state index contributed by atoms with van der Waals surface area (Å²) in [5.41, 5.74) is 4.39. The predicted molar refractivity (Wildman–Crippen MR) is 97.8 cm³/mol. The van der Waals surface area contributed by atoms with Crippen LogP contribution in [0.1, 0.15) is 29.2 Å². The molecule has 2 heterocycles. The van der Waals surface area contributed by atoms with Crippen LogP contribution in [0.3, 0.4) is 0 Å². The summed E-state index contributed by atoms with van der Waals surface area (Å²) in [6.45, 7) is 6.01. The van der Waals surface area contributed by atoms with Crippen LogP contribution in [-0.2, 0) is 19.5 Å². The number of fused-ring (bicyclic) bond motifs is 3. The summed E-state index contributed by atoms with van der Waals surface area (Å²) in [6.07, 6.45) is 0.678. The Kier molecular flexibility index (Phi) is 4.06. The lowest BCUT2D eigenvalue weighted by atomic mass is 10.0. The number of benzene rings is 2. The highest BCUT2D eigenvalue weighted by molar-refractivity contribution is 5.86. The summed E-state index contributed by atoms with van der Waals surface area (Å²) in [6, 6.07) is 14.3. The van der Waals surface area contributed by atoms with Crippen LogP contribution in [0.5, 0.6) is 5.75 Å². The van der Waals surface area contributed by atoms with Gasteiger partial charge < -0.3 is 9.15 Å². The Balaban J connectivity index is 1.75. The number of rotatable bonds is 3. The maximum atomic E-state index is 12.3. The molecule has 0 saturated carbocycles. The zero-order valence-electron chi connectivity index (χ0n) is 14.5. The van der Waals surface area contributed by atoms with Crippen LogP contribution in [0.15, 0.2) is 51.7 Å². The molecule has 0 bridgehead atoms. The van der Waals surface area contributed by atoms with Crippen molar-refractivity contribution in [3.63, 3.8) is 0 Å². The standard InChI is InChI=1S/C21H21NO3/c1-3-16-14(2)17-9-10-19-18(20(17)25-21(16)23)12-22(13-24-19)11-15-7-5-4-6-8-15/h4-10H,3,11-13H2,1-2H3. The van der Waals surface area contributed by atoms with Gasteiger partial charge in [-0.15, -0.1) is 0 Å².